The Morgan fingerprint density at radius 1 is 0.231 bits per heavy atom. The molecule has 690 valence electrons. The van der Waals surface area contributed by atoms with Crippen molar-refractivity contribution in [2.75, 3.05) is 39.6 Å². The first-order valence-electron chi connectivity index (χ1n) is 47.7. The number of ether oxygens (including phenoxy) is 3. The molecular formula is C103H172O16P2. The highest BCUT2D eigenvalue weighted by Crippen LogP contribution is 2.45. The smallest absolute Gasteiger partial charge is 0.463 e. The van der Waals surface area contributed by atoms with Crippen LogP contribution in [0.3, 0.4) is 0 Å². The number of unbranched alkanes of at least 4 members (excludes halogenated alkanes) is 34. The van der Waals surface area contributed by atoms with Crippen molar-refractivity contribution in [3.05, 3.63) is 194 Å². The molecule has 0 aromatic heterocycles. The fourth-order valence-corrected chi connectivity index (χ4v) is 14.3. The van der Waals surface area contributed by atoms with Crippen LogP contribution in [0.1, 0.15) is 380 Å². The molecule has 0 aliphatic rings. The third-order valence-corrected chi connectivity index (χ3v) is 21.7. The quantitative estimate of drug-likeness (QED) is 0.0146. The predicted molar refractivity (Wildman–Crippen MR) is 509 cm³/mol. The van der Waals surface area contributed by atoms with Crippen LogP contribution < -0.4 is 0 Å². The number of carbonyl (C=O) groups excluding carboxylic acids is 3. The van der Waals surface area contributed by atoms with E-state index in [4.69, 9.17) is 32.3 Å². The second-order valence-corrected chi connectivity index (χ2v) is 34.3. The molecule has 0 rings (SSSR count). The van der Waals surface area contributed by atoms with E-state index in [1.165, 1.54) is 122 Å². The van der Waals surface area contributed by atoms with Crippen LogP contribution in [-0.4, -0.2) is 95.9 Å². The van der Waals surface area contributed by atoms with E-state index in [0.717, 1.165) is 199 Å². The van der Waals surface area contributed by atoms with Crippen LogP contribution in [-0.2, 0) is 55.8 Å². The van der Waals surface area contributed by atoms with Gasteiger partial charge in [-0.1, -0.05) is 395 Å². The van der Waals surface area contributed by atoms with Gasteiger partial charge in [-0.3, -0.25) is 32.5 Å². The summed E-state index contributed by atoms with van der Waals surface area (Å²) in [5.74, 6) is -1.59. The van der Waals surface area contributed by atoms with Crippen molar-refractivity contribution >= 4 is 33.6 Å². The lowest BCUT2D eigenvalue weighted by Gasteiger charge is -2.21. The normalized spacial score (nSPS) is 14.6. The molecule has 0 aromatic carbocycles. The van der Waals surface area contributed by atoms with Crippen LogP contribution in [0.15, 0.2) is 194 Å². The van der Waals surface area contributed by atoms with Crippen molar-refractivity contribution in [1.82, 2.24) is 0 Å². The summed E-state index contributed by atoms with van der Waals surface area (Å²) in [7, 11) is -9.82. The molecule has 0 heterocycles. The van der Waals surface area contributed by atoms with Crippen molar-refractivity contribution in [3.63, 3.8) is 0 Å². The summed E-state index contributed by atoms with van der Waals surface area (Å²) in [5, 5.41) is 20.8. The molecule has 0 amide bonds. The fraction of sp³-hybridized carbons (Fsp3) is 0.660. The molecular weight excluding hydrogens is 1560 g/mol. The minimum Gasteiger partial charge on any atom is -0.463 e. The Kier molecular flexibility index (Phi) is 89.2. The summed E-state index contributed by atoms with van der Waals surface area (Å²) in [6.45, 7) is 2.36. The van der Waals surface area contributed by atoms with E-state index in [1.54, 1.807) is 0 Å². The summed E-state index contributed by atoms with van der Waals surface area (Å²) in [6.07, 6.45) is 125. The number of rotatable bonds is 89. The Morgan fingerprint density at radius 2 is 0.413 bits per heavy atom. The van der Waals surface area contributed by atoms with Gasteiger partial charge in [0.15, 0.2) is 6.10 Å². The standard InChI is InChI=1S/C103H172O16P2/c1-4-7-10-13-16-19-22-25-28-31-34-37-40-42-44-45-46-47-48-49-50-51-53-55-57-59-62-65-68-71-74-77-80-83-86-89-101(106)113-92-98(104)93-115-120(109,110)116-94-99(105)95-117-121(111,112)118-97-100(119-103(108)91-88-85-82-79-76-73-70-67-64-61-56-39-36-33-30-27-24-21-18-15-12-9-6-3)96-114-102(107)90-87-84-81-78-75-72-69-66-63-60-58-54-52-43-41-38-35-32-29-26-23-20-17-14-11-8-5-2/h7-12,16-21,25-30,34-39,42-44,46-47,52,61,64,98-100,104-105H,4-6,13-15,22-24,31-33,40-41,45,48-51,53-60,62-63,65-97H2,1-3H3,(H,109,110)(H,111,112)/b10-7-,11-8-,12-9-,19-16-,20-17-,21-18-,28-25-,29-26-,30-27-,37-34-,38-35-,39-36-,44-42-,47-46-,52-43-,64-61-. The van der Waals surface area contributed by atoms with Crippen molar-refractivity contribution in [2.45, 2.75) is 399 Å². The Bertz CT molecular complexity index is 2980. The molecule has 0 aliphatic heterocycles. The van der Waals surface area contributed by atoms with Crippen LogP contribution in [0.4, 0.5) is 0 Å². The molecule has 0 aliphatic carbocycles. The summed E-state index contributed by atoms with van der Waals surface area (Å²) in [5.41, 5.74) is 0. The minimum atomic E-state index is -4.95. The van der Waals surface area contributed by atoms with E-state index < -0.39 is 91.5 Å². The third-order valence-electron chi connectivity index (χ3n) is 19.8. The van der Waals surface area contributed by atoms with Crippen molar-refractivity contribution in [2.24, 2.45) is 0 Å². The van der Waals surface area contributed by atoms with Crippen molar-refractivity contribution in [1.29, 1.82) is 0 Å². The van der Waals surface area contributed by atoms with Crippen LogP contribution in [0.2, 0.25) is 0 Å². The van der Waals surface area contributed by atoms with Gasteiger partial charge in [0.25, 0.3) is 0 Å². The highest BCUT2D eigenvalue weighted by Gasteiger charge is 2.30. The van der Waals surface area contributed by atoms with Crippen LogP contribution in [0, 0.1) is 0 Å². The number of carbonyl (C=O) groups is 3. The average molecular weight is 1730 g/mol. The summed E-state index contributed by atoms with van der Waals surface area (Å²) >= 11 is 0. The largest absolute Gasteiger partial charge is 0.472 e. The highest BCUT2D eigenvalue weighted by molar-refractivity contribution is 7.47. The maximum absolute atomic E-state index is 13.1. The second kappa shape index (κ2) is 93.5. The van der Waals surface area contributed by atoms with E-state index in [1.807, 2.05) is 0 Å². The molecule has 0 spiro atoms. The number of aliphatic hydroxyl groups is 2. The van der Waals surface area contributed by atoms with E-state index >= 15 is 0 Å². The Balaban J connectivity index is 4.58. The molecule has 5 atom stereocenters. The molecule has 5 unspecified atom stereocenters. The van der Waals surface area contributed by atoms with Crippen molar-refractivity contribution < 1.29 is 75.8 Å². The minimum absolute atomic E-state index is 0.0855. The van der Waals surface area contributed by atoms with Crippen molar-refractivity contribution in [3.8, 4) is 0 Å². The van der Waals surface area contributed by atoms with E-state index in [0.29, 0.717) is 19.3 Å². The van der Waals surface area contributed by atoms with Gasteiger partial charge in [-0.2, -0.15) is 0 Å². The first-order valence-corrected chi connectivity index (χ1v) is 50.7. The Labute approximate surface area is 737 Å². The average Bonchev–Trinajstić information content (AvgIpc) is 0.870. The number of allylic oxidation sites excluding steroid dienone is 32. The van der Waals surface area contributed by atoms with Gasteiger partial charge in [0, 0.05) is 19.3 Å². The Morgan fingerprint density at radius 3 is 0.653 bits per heavy atom. The van der Waals surface area contributed by atoms with Gasteiger partial charge in [0.1, 0.15) is 25.4 Å². The van der Waals surface area contributed by atoms with Gasteiger partial charge in [0.2, 0.25) is 0 Å². The zero-order valence-corrected chi connectivity index (χ0v) is 77.9. The number of phosphoric ester groups is 2. The second-order valence-electron chi connectivity index (χ2n) is 31.4. The zero-order chi connectivity index (χ0) is 87.9. The zero-order valence-electron chi connectivity index (χ0n) is 76.1. The molecule has 16 nitrogen and oxygen atoms in total. The lowest BCUT2D eigenvalue weighted by molar-refractivity contribution is -0.161. The van der Waals surface area contributed by atoms with E-state index in [9.17, 15) is 43.5 Å². The number of aliphatic hydroxyl groups excluding tert-OH is 2. The van der Waals surface area contributed by atoms with Crippen LogP contribution in [0.5, 0.6) is 0 Å². The number of hydrogen-bond donors (Lipinski definition) is 4. The van der Waals surface area contributed by atoms with E-state index in [-0.39, 0.29) is 19.3 Å². The fourth-order valence-electron chi connectivity index (χ4n) is 12.7. The van der Waals surface area contributed by atoms with Gasteiger partial charge in [-0.25, -0.2) is 9.13 Å². The van der Waals surface area contributed by atoms with Crippen LogP contribution in [0.25, 0.3) is 0 Å². The molecule has 0 bridgehead atoms. The molecule has 0 saturated heterocycles. The molecule has 0 aromatic rings. The number of phosphoric acid groups is 2. The van der Waals surface area contributed by atoms with Gasteiger partial charge in [0.05, 0.1) is 26.4 Å². The van der Waals surface area contributed by atoms with Gasteiger partial charge in [-0.05, 0) is 161 Å². The molecule has 0 saturated carbocycles. The summed E-state index contributed by atoms with van der Waals surface area (Å²) < 4.78 is 61.5. The maximum atomic E-state index is 13.1. The first kappa shape index (κ1) is 115. The lowest BCUT2D eigenvalue weighted by atomic mass is 10.0. The molecule has 4 N–H and O–H groups in total. The topological polar surface area (TPSA) is 231 Å². The maximum Gasteiger partial charge on any atom is 0.472 e. The molecule has 18 heteroatoms. The highest BCUT2D eigenvalue weighted by atomic mass is 31.2. The van der Waals surface area contributed by atoms with Gasteiger partial charge in [-0.15, -0.1) is 0 Å². The Hall–Kier alpha value is -5.61. The van der Waals surface area contributed by atoms with Gasteiger partial charge < -0.3 is 34.2 Å². The molecule has 0 fully saturated rings. The predicted octanol–water partition coefficient (Wildman–Crippen LogP) is 29.8. The van der Waals surface area contributed by atoms with E-state index in [2.05, 4.69) is 215 Å². The third kappa shape index (κ3) is 94.9. The monoisotopic (exact) mass is 1730 g/mol. The molecule has 0 radical (unpaired) electrons. The van der Waals surface area contributed by atoms with Crippen LogP contribution >= 0.6 is 15.6 Å². The number of esters is 3. The summed E-state index contributed by atoms with van der Waals surface area (Å²) in [6, 6.07) is 0. The SMILES string of the molecule is CC/C=C\C/C=C\C/C=C\C/C=C\C/C=C\C/C=C\CCCCCCCCCCCCCCCCCCC(=O)OCC(O)COP(=O)(O)OCC(O)COP(=O)(O)OCC(COC(=O)CCCCCCCCCCCCC/C=C\C/C=C\C/C=C\C/C=C\C/C=C\CC)OC(=O)CCCCCCCCC/C=C\C/C=C\C/C=C\C/C=C\C/C=C\CC. The number of hydrogen-bond acceptors (Lipinski definition) is 14. The first-order chi connectivity index (χ1) is 59.2. The summed E-state index contributed by atoms with van der Waals surface area (Å²) in [4.78, 5) is 59.1. The lowest BCUT2D eigenvalue weighted by Crippen LogP contribution is -2.30. The van der Waals surface area contributed by atoms with Gasteiger partial charge >= 0.3 is 33.6 Å². The molecule has 121 heavy (non-hydrogen) atoms.